The van der Waals surface area contributed by atoms with E-state index in [1.165, 1.54) is 0 Å². The maximum atomic E-state index is 13.0. The number of anilines is 2. The van der Waals surface area contributed by atoms with Crippen LogP contribution in [-0.4, -0.2) is 29.7 Å². The molecule has 7 heteroatoms. The number of benzene rings is 3. The minimum atomic E-state index is -0.554. The van der Waals surface area contributed by atoms with Crippen LogP contribution in [0.4, 0.5) is 11.4 Å². The van der Waals surface area contributed by atoms with E-state index in [1.807, 2.05) is 67.6 Å². The van der Waals surface area contributed by atoms with Crippen LogP contribution >= 0.6 is 11.6 Å². The Kier molecular flexibility index (Phi) is 6.29. The summed E-state index contributed by atoms with van der Waals surface area (Å²) in [5, 5.41) is 2.82. The summed E-state index contributed by atoms with van der Waals surface area (Å²) >= 11 is 6.25. The van der Waals surface area contributed by atoms with Gasteiger partial charge in [-0.3, -0.25) is 19.3 Å². The lowest BCUT2D eigenvalue weighted by atomic mass is 10.1. The van der Waals surface area contributed by atoms with E-state index in [-0.39, 0.29) is 23.2 Å². The maximum Gasteiger partial charge on any atom is 0.279 e. The number of nitrogens with zero attached hydrogens (tertiary/aromatic N) is 2. The zero-order valence-corrected chi connectivity index (χ0v) is 19.0. The fourth-order valence-corrected chi connectivity index (χ4v) is 3.78. The van der Waals surface area contributed by atoms with Crippen molar-refractivity contribution in [1.29, 1.82) is 0 Å². The second kappa shape index (κ2) is 9.30. The number of halogens is 1. The van der Waals surface area contributed by atoms with E-state index in [1.54, 1.807) is 30.1 Å². The van der Waals surface area contributed by atoms with Gasteiger partial charge in [-0.05, 0) is 42.3 Å². The van der Waals surface area contributed by atoms with Crippen molar-refractivity contribution in [3.05, 3.63) is 106 Å². The Labute approximate surface area is 197 Å². The van der Waals surface area contributed by atoms with Gasteiger partial charge in [-0.25, -0.2) is 0 Å². The number of amides is 3. The molecule has 0 saturated heterocycles. The Morgan fingerprint density at radius 1 is 0.939 bits per heavy atom. The van der Waals surface area contributed by atoms with Crippen LogP contribution in [0.2, 0.25) is 0 Å². The SMILES string of the molecule is Cc1ccc(C(=O)N(C)c2ccccc2)cc1NC1=C(Cl)C(=O)N(Cc2ccccc2)C1=O. The minimum absolute atomic E-state index is 0.00158. The van der Waals surface area contributed by atoms with Crippen molar-refractivity contribution in [2.24, 2.45) is 0 Å². The van der Waals surface area contributed by atoms with Crippen molar-refractivity contribution >= 4 is 40.7 Å². The second-order valence-corrected chi connectivity index (χ2v) is 8.10. The van der Waals surface area contributed by atoms with Gasteiger partial charge in [0.05, 0.1) is 6.54 Å². The average Bonchev–Trinajstić information content (AvgIpc) is 3.04. The number of hydrogen-bond acceptors (Lipinski definition) is 4. The molecule has 3 amide bonds. The van der Waals surface area contributed by atoms with E-state index < -0.39 is 11.8 Å². The molecule has 4 rings (SSSR count). The summed E-state index contributed by atoms with van der Waals surface area (Å²) in [6, 6.07) is 23.7. The quantitative estimate of drug-likeness (QED) is 0.542. The highest BCUT2D eigenvalue weighted by molar-refractivity contribution is 6.48. The van der Waals surface area contributed by atoms with Crippen LogP contribution in [0.15, 0.2) is 89.6 Å². The summed E-state index contributed by atoms with van der Waals surface area (Å²) in [4.78, 5) is 41.3. The number of rotatable bonds is 6. The van der Waals surface area contributed by atoms with Gasteiger partial charge >= 0.3 is 0 Å². The Hall–Kier alpha value is -3.90. The maximum absolute atomic E-state index is 13.0. The zero-order chi connectivity index (χ0) is 23.5. The minimum Gasteiger partial charge on any atom is -0.349 e. The first kappa shape index (κ1) is 22.3. The predicted octanol–water partition coefficient (Wildman–Crippen LogP) is 4.70. The predicted molar refractivity (Wildman–Crippen MR) is 129 cm³/mol. The third-order valence-electron chi connectivity index (χ3n) is 5.49. The van der Waals surface area contributed by atoms with Crippen molar-refractivity contribution in [2.45, 2.75) is 13.5 Å². The van der Waals surface area contributed by atoms with Crippen LogP contribution in [0, 0.1) is 6.92 Å². The Bertz CT molecular complexity index is 1260. The van der Waals surface area contributed by atoms with Gasteiger partial charge in [0.25, 0.3) is 17.7 Å². The highest BCUT2D eigenvalue weighted by Crippen LogP contribution is 2.29. The van der Waals surface area contributed by atoms with Gasteiger partial charge in [0.15, 0.2) is 0 Å². The molecule has 0 saturated carbocycles. The third-order valence-corrected chi connectivity index (χ3v) is 5.84. The summed E-state index contributed by atoms with van der Waals surface area (Å²) in [5.74, 6) is -1.27. The first-order valence-corrected chi connectivity index (χ1v) is 10.8. The number of carbonyl (C=O) groups excluding carboxylic acids is 3. The molecule has 0 aliphatic carbocycles. The number of nitrogens with one attached hydrogen (secondary N) is 1. The van der Waals surface area contributed by atoms with Crippen LogP contribution in [-0.2, 0) is 16.1 Å². The highest BCUT2D eigenvalue weighted by atomic mass is 35.5. The number of para-hydroxylation sites is 1. The molecule has 0 spiro atoms. The van der Waals surface area contributed by atoms with Gasteiger partial charge in [-0.2, -0.15) is 0 Å². The van der Waals surface area contributed by atoms with Crippen molar-refractivity contribution in [3.8, 4) is 0 Å². The van der Waals surface area contributed by atoms with E-state index in [0.717, 1.165) is 21.7 Å². The molecule has 3 aromatic rings. The van der Waals surface area contributed by atoms with Crippen molar-refractivity contribution in [3.63, 3.8) is 0 Å². The summed E-state index contributed by atoms with van der Waals surface area (Å²) < 4.78 is 0. The molecular formula is C26H22ClN3O3. The molecule has 1 aliphatic rings. The number of carbonyl (C=O) groups is 3. The van der Waals surface area contributed by atoms with Gasteiger partial charge < -0.3 is 10.2 Å². The number of imide groups is 1. The van der Waals surface area contributed by atoms with Crippen LogP contribution in [0.3, 0.4) is 0 Å². The average molecular weight is 460 g/mol. The number of aryl methyl sites for hydroxylation is 1. The molecule has 1 N–H and O–H groups in total. The van der Waals surface area contributed by atoms with E-state index in [4.69, 9.17) is 11.6 Å². The zero-order valence-electron chi connectivity index (χ0n) is 18.2. The molecule has 0 fully saturated rings. The van der Waals surface area contributed by atoms with Crippen LogP contribution in [0.5, 0.6) is 0 Å². The van der Waals surface area contributed by atoms with Crippen molar-refractivity contribution in [2.75, 3.05) is 17.3 Å². The van der Waals surface area contributed by atoms with Gasteiger partial charge in [0.2, 0.25) is 0 Å². The lowest BCUT2D eigenvalue weighted by Gasteiger charge is -2.19. The molecule has 0 atom stereocenters. The van der Waals surface area contributed by atoms with Crippen molar-refractivity contribution < 1.29 is 14.4 Å². The van der Waals surface area contributed by atoms with Crippen LogP contribution in [0.1, 0.15) is 21.5 Å². The smallest absolute Gasteiger partial charge is 0.279 e. The van der Waals surface area contributed by atoms with Crippen molar-refractivity contribution in [1.82, 2.24) is 4.90 Å². The largest absolute Gasteiger partial charge is 0.349 e. The Morgan fingerprint density at radius 2 is 1.58 bits per heavy atom. The van der Waals surface area contributed by atoms with Crippen LogP contribution < -0.4 is 10.2 Å². The molecule has 3 aromatic carbocycles. The second-order valence-electron chi connectivity index (χ2n) is 7.73. The van der Waals surface area contributed by atoms with Gasteiger partial charge in [-0.15, -0.1) is 0 Å². The standard InChI is InChI=1S/C26H22ClN3O3/c1-17-13-14-19(24(31)29(2)20-11-7-4-8-12-20)15-21(17)28-23-22(27)25(32)30(26(23)33)16-18-9-5-3-6-10-18/h3-15,28H,16H2,1-2H3. The van der Waals surface area contributed by atoms with E-state index in [2.05, 4.69) is 5.32 Å². The molecular weight excluding hydrogens is 438 g/mol. The molecule has 166 valence electrons. The first-order valence-electron chi connectivity index (χ1n) is 10.4. The summed E-state index contributed by atoms with van der Waals surface area (Å²) in [7, 11) is 1.70. The van der Waals surface area contributed by atoms with Crippen LogP contribution in [0.25, 0.3) is 0 Å². The van der Waals surface area contributed by atoms with Gasteiger partial charge in [-0.1, -0.05) is 66.2 Å². The highest BCUT2D eigenvalue weighted by Gasteiger charge is 2.38. The van der Waals surface area contributed by atoms with Gasteiger partial charge in [0.1, 0.15) is 10.7 Å². The summed E-state index contributed by atoms with van der Waals surface area (Å²) in [6.07, 6.45) is 0. The molecule has 0 aromatic heterocycles. The normalized spacial score (nSPS) is 13.5. The summed E-state index contributed by atoms with van der Waals surface area (Å²) in [5.41, 5.74) is 3.34. The third kappa shape index (κ3) is 4.52. The molecule has 0 bridgehead atoms. The molecule has 1 heterocycles. The molecule has 0 unspecified atom stereocenters. The molecule has 33 heavy (non-hydrogen) atoms. The van der Waals surface area contributed by atoms with E-state index in [0.29, 0.717) is 11.3 Å². The monoisotopic (exact) mass is 459 g/mol. The fourth-order valence-electron chi connectivity index (χ4n) is 3.55. The van der Waals surface area contributed by atoms with E-state index >= 15 is 0 Å². The Morgan fingerprint density at radius 3 is 2.24 bits per heavy atom. The summed E-state index contributed by atoms with van der Waals surface area (Å²) in [6.45, 7) is 1.97. The lowest BCUT2D eigenvalue weighted by Crippen LogP contribution is -2.31. The van der Waals surface area contributed by atoms with Gasteiger partial charge in [0, 0.05) is 24.0 Å². The fraction of sp³-hybridized carbons (Fsp3) is 0.115. The topological polar surface area (TPSA) is 69.7 Å². The Balaban J connectivity index is 1.57. The number of hydrogen-bond donors (Lipinski definition) is 1. The first-order chi connectivity index (χ1) is 15.9. The lowest BCUT2D eigenvalue weighted by molar-refractivity contribution is -0.138. The molecule has 0 radical (unpaired) electrons. The molecule has 6 nitrogen and oxygen atoms in total. The molecule has 1 aliphatic heterocycles. The van der Waals surface area contributed by atoms with E-state index in [9.17, 15) is 14.4 Å².